The highest BCUT2D eigenvalue weighted by Crippen LogP contribution is 2.11. The number of pyridine rings is 1. The number of nitrogens with zero attached hydrogens (tertiary/aromatic N) is 1. The van der Waals surface area contributed by atoms with Gasteiger partial charge in [-0.25, -0.2) is 10.8 Å². The van der Waals surface area contributed by atoms with Crippen LogP contribution >= 0.6 is 0 Å². The number of unbranched alkanes of at least 4 members (excludes halogenated alkanes) is 1. The molecule has 0 fully saturated rings. The Morgan fingerprint density at radius 1 is 1.42 bits per heavy atom. The lowest BCUT2D eigenvalue weighted by atomic mass is 10.1. The van der Waals surface area contributed by atoms with E-state index in [0.29, 0.717) is 11.4 Å². The van der Waals surface area contributed by atoms with Crippen molar-refractivity contribution in [3.05, 3.63) is 23.4 Å². The second kappa shape index (κ2) is 7.74. The summed E-state index contributed by atoms with van der Waals surface area (Å²) in [5, 5.41) is 3.00. The molecule has 0 aliphatic heterocycles. The van der Waals surface area contributed by atoms with Crippen LogP contribution in [0.15, 0.2) is 12.1 Å². The molecule has 5 heteroatoms. The fourth-order valence-corrected chi connectivity index (χ4v) is 1.86. The molecular formula is C14H24N4O. The molecule has 0 aliphatic rings. The molecule has 5 nitrogen and oxygen atoms in total. The summed E-state index contributed by atoms with van der Waals surface area (Å²) in [4.78, 5) is 16.4. The Bertz CT molecular complexity index is 398. The standard InChI is InChI=1S/C14H24N4O/c1-4-6-7-10(3)16-14(19)11-8-12(5-2)17-13(9-11)18-15/h8-10H,4-7,15H2,1-3H3,(H,16,19)(H,17,18). The molecule has 0 aliphatic carbocycles. The largest absolute Gasteiger partial charge is 0.350 e. The van der Waals surface area contributed by atoms with Gasteiger partial charge in [-0.05, 0) is 31.9 Å². The highest BCUT2D eigenvalue weighted by Gasteiger charge is 2.11. The molecule has 0 saturated carbocycles. The van der Waals surface area contributed by atoms with Crippen LogP contribution in [0.1, 0.15) is 56.1 Å². The molecule has 19 heavy (non-hydrogen) atoms. The van der Waals surface area contributed by atoms with Crippen LogP contribution in [-0.4, -0.2) is 16.9 Å². The number of amides is 1. The normalized spacial score (nSPS) is 12.0. The summed E-state index contributed by atoms with van der Waals surface area (Å²) in [6.45, 7) is 6.16. The van der Waals surface area contributed by atoms with E-state index in [9.17, 15) is 4.79 Å². The molecule has 106 valence electrons. The van der Waals surface area contributed by atoms with E-state index in [4.69, 9.17) is 5.84 Å². The Hall–Kier alpha value is -1.62. The number of hydrazine groups is 1. The lowest BCUT2D eigenvalue weighted by molar-refractivity contribution is 0.0938. The smallest absolute Gasteiger partial charge is 0.251 e. The molecule has 1 atom stereocenters. The predicted molar refractivity (Wildman–Crippen MR) is 77.9 cm³/mol. The Labute approximate surface area is 115 Å². The Balaban J connectivity index is 2.75. The molecule has 1 heterocycles. The number of carbonyl (C=O) groups excluding carboxylic acids is 1. The molecule has 0 bridgehead atoms. The zero-order chi connectivity index (χ0) is 14.3. The molecule has 1 aromatic rings. The minimum atomic E-state index is -0.0720. The summed E-state index contributed by atoms with van der Waals surface area (Å²) < 4.78 is 0. The number of hydrogen-bond acceptors (Lipinski definition) is 4. The average Bonchev–Trinajstić information content (AvgIpc) is 2.44. The lowest BCUT2D eigenvalue weighted by Gasteiger charge is -2.14. The SMILES string of the molecule is CCCCC(C)NC(=O)c1cc(CC)nc(NN)c1. The van der Waals surface area contributed by atoms with E-state index in [1.807, 2.05) is 19.9 Å². The first-order valence-electron chi connectivity index (χ1n) is 6.89. The topological polar surface area (TPSA) is 80.0 Å². The van der Waals surface area contributed by atoms with Gasteiger partial charge in [0.2, 0.25) is 0 Å². The van der Waals surface area contributed by atoms with E-state index >= 15 is 0 Å². The number of carbonyl (C=O) groups is 1. The number of nitrogens with two attached hydrogens (primary N) is 1. The van der Waals surface area contributed by atoms with Crippen LogP contribution in [0.3, 0.4) is 0 Å². The van der Waals surface area contributed by atoms with Crippen molar-refractivity contribution >= 4 is 11.7 Å². The van der Waals surface area contributed by atoms with E-state index in [1.54, 1.807) is 6.07 Å². The van der Waals surface area contributed by atoms with E-state index < -0.39 is 0 Å². The van der Waals surface area contributed by atoms with E-state index in [0.717, 1.165) is 31.4 Å². The van der Waals surface area contributed by atoms with Gasteiger partial charge in [-0.3, -0.25) is 4.79 Å². The minimum Gasteiger partial charge on any atom is -0.350 e. The van der Waals surface area contributed by atoms with Crippen LogP contribution < -0.4 is 16.6 Å². The average molecular weight is 264 g/mol. The van der Waals surface area contributed by atoms with Crippen molar-refractivity contribution in [2.75, 3.05) is 5.43 Å². The third-order valence-electron chi connectivity index (χ3n) is 3.02. The van der Waals surface area contributed by atoms with Crippen LogP contribution in [0.5, 0.6) is 0 Å². The number of anilines is 1. The van der Waals surface area contributed by atoms with Crippen molar-refractivity contribution in [3.63, 3.8) is 0 Å². The zero-order valence-electron chi connectivity index (χ0n) is 12.0. The van der Waals surface area contributed by atoms with E-state index in [1.165, 1.54) is 0 Å². The van der Waals surface area contributed by atoms with Gasteiger partial charge in [-0.1, -0.05) is 26.7 Å². The highest BCUT2D eigenvalue weighted by molar-refractivity contribution is 5.95. The van der Waals surface area contributed by atoms with Gasteiger partial charge in [0.05, 0.1) is 0 Å². The number of nitrogens with one attached hydrogen (secondary N) is 2. The minimum absolute atomic E-state index is 0.0720. The molecule has 1 amide bonds. The van der Waals surface area contributed by atoms with Crippen LogP contribution in [0.25, 0.3) is 0 Å². The van der Waals surface area contributed by atoms with Gasteiger partial charge >= 0.3 is 0 Å². The predicted octanol–water partition coefficient (Wildman–Crippen LogP) is 2.24. The molecule has 0 aromatic carbocycles. The van der Waals surface area contributed by atoms with Gasteiger partial charge in [0.15, 0.2) is 0 Å². The number of hydrogen-bond donors (Lipinski definition) is 3. The second-order valence-corrected chi connectivity index (χ2v) is 4.75. The summed E-state index contributed by atoms with van der Waals surface area (Å²) >= 11 is 0. The van der Waals surface area contributed by atoms with Crippen molar-refractivity contribution in [2.45, 2.75) is 52.5 Å². The van der Waals surface area contributed by atoms with Gasteiger partial charge in [0.1, 0.15) is 5.82 Å². The van der Waals surface area contributed by atoms with Crippen molar-refractivity contribution < 1.29 is 4.79 Å². The number of aryl methyl sites for hydroxylation is 1. The molecule has 0 saturated heterocycles. The molecular weight excluding hydrogens is 240 g/mol. The molecule has 0 spiro atoms. The Kier molecular flexibility index (Phi) is 6.29. The molecule has 0 radical (unpaired) electrons. The van der Waals surface area contributed by atoms with E-state index in [2.05, 4.69) is 22.7 Å². The second-order valence-electron chi connectivity index (χ2n) is 4.75. The monoisotopic (exact) mass is 264 g/mol. The fraction of sp³-hybridized carbons (Fsp3) is 0.571. The summed E-state index contributed by atoms with van der Waals surface area (Å²) in [5.74, 6) is 5.81. The molecule has 1 rings (SSSR count). The Morgan fingerprint density at radius 2 is 2.16 bits per heavy atom. The van der Waals surface area contributed by atoms with Crippen LogP contribution in [0.2, 0.25) is 0 Å². The van der Waals surface area contributed by atoms with Gasteiger partial charge in [0.25, 0.3) is 5.91 Å². The maximum absolute atomic E-state index is 12.1. The third kappa shape index (κ3) is 4.87. The summed E-state index contributed by atoms with van der Waals surface area (Å²) in [5.41, 5.74) is 3.94. The maximum Gasteiger partial charge on any atom is 0.251 e. The van der Waals surface area contributed by atoms with Crippen molar-refractivity contribution in [2.24, 2.45) is 5.84 Å². The van der Waals surface area contributed by atoms with E-state index in [-0.39, 0.29) is 11.9 Å². The summed E-state index contributed by atoms with van der Waals surface area (Å²) in [6.07, 6.45) is 4.02. The van der Waals surface area contributed by atoms with Gasteiger partial charge in [0, 0.05) is 17.3 Å². The third-order valence-corrected chi connectivity index (χ3v) is 3.02. The van der Waals surface area contributed by atoms with Gasteiger partial charge in [-0.2, -0.15) is 0 Å². The van der Waals surface area contributed by atoms with Crippen LogP contribution in [0, 0.1) is 0 Å². The summed E-state index contributed by atoms with van der Waals surface area (Å²) in [6, 6.07) is 3.66. The summed E-state index contributed by atoms with van der Waals surface area (Å²) in [7, 11) is 0. The first-order chi connectivity index (χ1) is 9.10. The van der Waals surface area contributed by atoms with Crippen LogP contribution in [0.4, 0.5) is 5.82 Å². The highest BCUT2D eigenvalue weighted by atomic mass is 16.1. The van der Waals surface area contributed by atoms with Crippen LogP contribution in [-0.2, 0) is 6.42 Å². The van der Waals surface area contributed by atoms with Gasteiger partial charge < -0.3 is 10.7 Å². The maximum atomic E-state index is 12.1. The molecule has 4 N–H and O–H groups in total. The molecule has 1 unspecified atom stereocenters. The number of rotatable bonds is 7. The molecule has 1 aromatic heterocycles. The lowest BCUT2D eigenvalue weighted by Crippen LogP contribution is -2.32. The zero-order valence-corrected chi connectivity index (χ0v) is 12.0. The quantitative estimate of drug-likeness (QED) is 0.521. The van der Waals surface area contributed by atoms with Gasteiger partial charge in [-0.15, -0.1) is 0 Å². The first kappa shape index (κ1) is 15.4. The first-order valence-corrected chi connectivity index (χ1v) is 6.89. The Morgan fingerprint density at radius 3 is 2.74 bits per heavy atom. The van der Waals surface area contributed by atoms with Crippen molar-refractivity contribution in [1.29, 1.82) is 0 Å². The van der Waals surface area contributed by atoms with Crippen molar-refractivity contribution in [3.8, 4) is 0 Å². The number of nitrogen functional groups attached to an aromatic ring is 1. The van der Waals surface area contributed by atoms with Crippen molar-refractivity contribution in [1.82, 2.24) is 10.3 Å². The number of aromatic nitrogens is 1. The fourth-order valence-electron chi connectivity index (χ4n) is 1.86.